The van der Waals surface area contributed by atoms with Gasteiger partial charge in [0.05, 0.1) is 33.0 Å². The summed E-state index contributed by atoms with van der Waals surface area (Å²) in [7, 11) is 3.52. The van der Waals surface area contributed by atoms with Crippen LogP contribution in [0.3, 0.4) is 0 Å². The van der Waals surface area contributed by atoms with Crippen LogP contribution in [-0.2, 0) is 9.47 Å². The van der Waals surface area contributed by atoms with Gasteiger partial charge in [-0.25, -0.2) is 0 Å². The minimum absolute atomic E-state index is 0. The largest absolute Gasteiger partial charge is 0.497 e. The fraction of sp³-hybridized carbons (Fsp3) is 0.526. The van der Waals surface area contributed by atoms with Gasteiger partial charge in [0.2, 0.25) is 0 Å². The van der Waals surface area contributed by atoms with Crippen molar-refractivity contribution in [3.8, 4) is 5.75 Å². The van der Waals surface area contributed by atoms with E-state index < -0.39 is 0 Å². The summed E-state index contributed by atoms with van der Waals surface area (Å²) in [6.07, 6.45) is 3.35. The number of guanidine groups is 1. The third-order valence-corrected chi connectivity index (χ3v) is 4.53. The maximum Gasteiger partial charge on any atom is 0.194 e. The SMILES string of the molecule is CN=C(NCC1COCCO1)N1CC=C(c2cccc(OC)c2)CC1.I. The van der Waals surface area contributed by atoms with Crippen molar-refractivity contribution in [2.75, 3.05) is 53.6 Å². The van der Waals surface area contributed by atoms with Gasteiger partial charge in [-0.15, -0.1) is 24.0 Å². The van der Waals surface area contributed by atoms with Crippen LogP contribution in [-0.4, -0.2) is 70.6 Å². The van der Waals surface area contributed by atoms with Gasteiger partial charge in [0.15, 0.2) is 5.96 Å². The number of nitrogens with one attached hydrogen (secondary N) is 1. The van der Waals surface area contributed by atoms with Crippen LogP contribution in [0, 0.1) is 0 Å². The molecule has 6 nitrogen and oxygen atoms in total. The van der Waals surface area contributed by atoms with Crippen LogP contribution in [0.4, 0.5) is 0 Å². The summed E-state index contributed by atoms with van der Waals surface area (Å²) in [5, 5.41) is 3.40. The number of hydrogen-bond donors (Lipinski definition) is 1. The van der Waals surface area contributed by atoms with Crippen molar-refractivity contribution < 1.29 is 14.2 Å². The van der Waals surface area contributed by atoms with Crippen LogP contribution in [0.1, 0.15) is 12.0 Å². The maximum atomic E-state index is 5.67. The van der Waals surface area contributed by atoms with Crippen molar-refractivity contribution in [2.24, 2.45) is 4.99 Å². The summed E-state index contributed by atoms with van der Waals surface area (Å²) >= 11 is 0. The molecule has 0 aromatic heterocycles. The first kappa shape index (κ1) is 21.0. The normalized spacial score (nSPS) is 20.8. The number of ether oxygens (including phenoxy) is 3. The summed E-state index contributed by atoms with van der Waals surface area (Å²) in [6.45, 7) is 4.50. The quantitative estimate of drug-likeness (QED) is 0.414. The molecule has 26 heavy (non-hydrogen) atoms. The number of nitrogens with zero attached hydrogens (tertiary/aromatic N) is 2. The topological polar surface area (TPSA) is 55.3 Å². The minimum Gasteiger partial charge on any atom is -0.497 e. The molecule has 7 heteroatoms. The molecule has 1 N–H and O–H groups in total. The monoisotopic (exact) mass is 473 g/mol. The molecule has 1 atom stereocenters. The Kier molecular flexibility index (Phi) is 8.67. The van der Waals surface area contributed by atoms with Crippen molar-refractivity contribution in [2.45, 2.75) is 12.5 Å². The number of methoxy groups -OCH3 is 1. The number of hydrogen-bond acceptors (Lipinski definition) is 4. The molecule has 0 aliphatic carbocycles. The first-order chi connectivity index (χ1) is 12.3. The number of aliphatic imine (C=N–C) groups is 1. The first-order valence-corrected chi connectivity index (χ1v) is 8.78. The van der Waals surface area contributed by atoms with Crippen molar-refractivity contribution >= 4 is 35.5 Å². The summed E-state index contributed by atoms with van der Waals surface area (Å²) in [6, 6.07) is 8.24. The summed E-state index contributed by atoms with van der Waals surface area (Å²) in [5.74, 6) is 1.81. The third-order valence-electron chi connectivity index (χ3n) is 4.53. The summed E-state index contributed by atoms with van der Waals surface area (Å²) in [5.41, 5.74) is 2.59. The van der Waals surface area contributed by atoms with Crippen LogP contribution < -0.4 is 10.1 Å². The highest BCUT2D eigenvalue weighted by atomic mass is 127. The van der Waals surface area contributed by atoms with E-state index in [1.54, 1.807) is 7.11 Å². The highest BCUT2D eigenvalue weighted by Gasteiger charge is 2.19. The van der Waals surface area contributed by atoms with Gasteiger partial charge < -0.3 is 24.4 Å². The molecule has 0 saturated carbocycles. The second-order valence-corrected chi connectivity index (χ2v) is 6.15. The number of halogens is 1. The molecule has 2 aliphatic heterocycles. The highest BCUT2D eigenvalue weighted by Crippen LogP contribution is 2.25. The minimum atomic E-state index is 0. The predicted octanol–water partition coefficient (Wildman–Crippen LogP) is 2.39. The van der Waals surface area contributed by atoms with E-state index in [0.717, 1.165) is 37.8 Å². The predicted molar refractivity (Wildman–Crippen MR) is 114 cm³/mol. The molecule has 0 radical (unpaired) electrons. The zero-order chi connectivity index (χ0) is 17.5. The van der Waals surface area contributed by atoms with Gasteiger partial charge in [0, 0.05) is 26.7 Å². The first-order valence-electron chi connectivity index (χ1n) is 8.78. The molecule has 1 unspecified atom stereocenters. The van der Waals surface area contributed by atoms with E-state index >= 15 is 0 Å². The molecule has 1 fully saturated rings. The molecule has 1 aromatic carbocycles. The molecule has 144 valence electrons. The lowest BCUT2D eigenvalue weighted by Crippen LogP contribution is -2.47. The van der Waals surface area contributed by atoms with E-state index in [1.807, 2.05) is 19.2 Å². The van der Waals surface area contributed by atoms with Crippen LogP contribution >= 0.6 is 24.0 Å². The number of rotatable bonds is 4. The second-order valence-electron chi connectivity index (χ2n) is 6.15. The highest BCUT2D eigenvalue weighted by molar-refractivity contribution is 14.0. The smallest absolute Gasteiger partial charge is 0.194 e. The van der Waals surface area contributed by atoms with E-state index in [0.29, 0.717) is 19.8 Å². The fourth-order valence-corrected chi connectivity index (χ4v) is 3.14. The summed E-state index contributed by atoms with van der Waals surface area (Å²) in [4.78, 5) is 6.66. The molecule has 1 aromatic rings. The van der Waals surface area contributed by atoms with Gasteiger partial charge in [-0.3, -0.25) is 4.99 Å². The third kappa shape index (κ3) is 5.59. The Morgan fingerprint density at radius 2 is 2.27 bits per heavy atom. The Bertz CT molecular complexity index is 630. The molecule has 0 bridgehead atoms. The van der Waals surface area contributed by atoms with E-state index in [9.17, 15) is 0 Å². The van der Waals surface area contributed by atoms with E-state index in [4.69, 9.17) is 14.2 Å². The average Bonchev–Trinajstić information content (AvgIpc) is 2.70. The van der Waals surface area contributed by atoms with Gasteiger partial charge in [-0.05, 0) is 29.7 Å². The van der Waals surface area contributed by atoms with Crippen molar-refractivity contribution in [1.82, 2.24) is 10.2 Å². The zero-order valence-electron chi connectivity index (χ0n) is 15.4. The van der Waals surface area contributed by atoms with E-state index in [1.165, 1.54) is 11.1 Å². The standard InChI is InChI=1S/C19H27N3O3.HI/c1-20-19(21-13-18-14-24-10-11-25-18)22-8-6-15(7-9-22)16-4-3-5-17(12-16)23-2;/h3-6,12,18H,7-11,13-14H2,1-2H3,(H,20,21);1H. The zero-order valence-corrected chi connectivity index (χ0v) is 17.8. The molecule has 0 spiro atoms. The molecule has 2 heterocycles. The van der Waals surface area contributed by atoms with Crippen LogP contribution in [0.15, 0.2) is 35.3 Å². The van der Waals surface area contributed by atoms with Crippen molar-refractivity contribution in [1.29, 1.82) is 0 Å². The molecule has 2 aliphatic rings. The molecular formula is C19H28IN3O3. The summed E-state index contributed by atoms with van der Waals surface area (Å²) < 4.78 is 16.4. The van der Waals surface area contributed by atoms with Gasteiger partial charge in [0.1, 0.15) is 5.75 Å². The second kappa shape index (κ2) is 10.7. The van der Waals surface area contributed by atoms with Crippen LogP contribution in [0.5, 0.6) is 5.75 Å². The average molecular weight is 473 g/mol. The maximum absolute atomic E-state index is 5.67. The fourth-order valence-electron chi connectivity index (χ4n) is 3.14. The Morgan fingerprint density at radius 3 is 2.92 bits per heavy atom. The van der Waals surface area contributed by atoms with Gasteiger partial charge in [-0.1, -0.05) is 18.2 Å². The lowest BCUT2D eigenvalue weighted by atomic mass is 9.99. The molecule has 1 saturated heterocycles. The van der Waals surface area contributed by atoms with Crippen LogP contribution in [0.25, 0.3) is 5.57 Å². The molecular weight excluding hydrogens is 445 g/mol. The van der Waals surface area contributed by atoms with Crippen molar-refractivity contribution in [3.05, 3.63) is 35.9 Å². The van der Waals surface area contributed by atoms with Gasteiger partial charge >= 0.3 is 0 Å². The molecule has 3 rings (SSSR count). The Labute approximate surface area is 172 Å². The van der Waals surface area contributed by atoms with E-state index in [2.05, 4.69) is 33.4 Å². The molecule has 0 amide bonds. The number of benzene rings is 1. The van der Waals surface area contributed by atoms with E-state index in [-0.39, 0.29) is 30.1 Å². The van der Waals surface area contributed by atoms with Gasteiger partial charge in [0.25, 0.3) is 0 Å². The Balaban J connectivity index is 0.00000243. The lowest BCUT2D eigenvalue weighted by Gasteiger charge is -2.31. The lowest BCUT2D eigenvalue weighted by molar-refractivity contribution is -0.0851. The van der Waals surface area contributed by atoms with Gasteiger partial charge in [-0.2, -0.15) is 0 Å². The Morgan fingerprint density at radius 1 is 1.38 bits per heavy atom. The van der Waals surface area contributed by atoms with Crippen molar-refractivity contribution in [3.63, 3.8) is 0 Å². The van der Waals surface area contributed by atoms with Crippen LogP contribution in [0.2, 0.25) is 0 Å². The Hall–Kier alpha value is -1.32.